The number of carbonyl (C=O) groups is 1. The summed E-state index contributed by atoms with van der Waals surface area (Å²) in [5.74, 6) is -0.984. The van der Waals surface area contributed by atoms with E-state index in [2.05, 4.69) is 15.9 Å². The lowest BCUT2D eigenvalue weighted by atomic mass is 10.0. The summed E-state index contributed by atoms with van der Waals surface area (Å²) in [4.78, 5) is 11.4. The van der Waals surface area contributed by atoms with Crippen molar-refractivity contribution in [1.82, 2.24) is 0 Å². The third-order valence-corrected chi connectivity index (χ3v) is 3.46. The monoisotopic (exact) mass is 336 g/mol. The summed E-state index contributed by atoms with van der Waals surface area (Å²) in [7, 11) is 0. The highest BCUT2D eigenvalue weighted by atomic mass is 79.9. The lowest BCUT2D eigenvalue weighted by molar-refractivity contribution is -0.130. The van der Waals surface area contributed by atoms with Gasteiger partial charge in [-0.05, 0) is 35.4 Å². The minimum absolute atomic E-state index is 0.209. The van der Waals surface area contributed by atoms with E-state index in [-0.39, 0.29) is 5.57 Å². The van der Waals surface area contributed by atoms with Gasteiger partial charge in [-0.25, -0.2) is 4.79 Å². The van der Waals surface area contributed by atoms with Crippen LogP contribution in [-0.4, -0.2) is 11.1 Å². The number of aliphatic carboxylic acids is 1. The third kappa shape index (κ3) is 3.46. The molecular formula is C15H10BrClO2. The minimum atomic E-state index is -0.984. The third-order valence-electron chi connectivity index (χ3n) is 2.59. The SMILES string of the molecule is O=C(O)/C(=C\c1ccccc1Cl)c1ccc(Br)cc1. The van der Waals surface area contributed by atoms with Gasteiger partial charge in [-0.2, -0.15) is 0 Å². The fourth-order valence-electron chi connectivity index (χ4n) is 1.65. The summed E-state index contributed by atoms with van der Waals surface area (Å²) >= 11 is 9.36. The van der Waals surface area contributed by atoms with Crippen molar-refractivity contribution in [3.8, 4) is 0 Å². The lowest BCUT2D eigenvalue weighted by Crippen LogP contribution is -1.99. The molecule has 19 heavy (non-hydrogen) atoms. The van der Waals surface area contributed by atoms with Crippen LogP contribution in [0.4, 0.5) is 0 Å². The molecule has 4 heteroatoms. The fraction of sp³-hybridized carbons (Fsp3) is 0. The quantitative estimate of drug-likeness (QED) is 0.649. The lowest BCUT2D eigenvalue weighted by Gasteiger charge is -2.04. The van der Waals surface area contributed by atoms with Gasteiger partial charge in [-0.1, -0.05) is 57.9 Å². The highest BCUT2D eigenvalue weighted by Gasteiger charge is 2.11. The molecule has 2 rings (SSSR count). The molecule has 0 fully saturated rings. The van der Waals surface area contributed by atoms with E-state index in [4.69, 9.17) is 11.6 Å². The average molecular weight is 338 g/mol. The average Bonchev–Trinajstić information content (AvgIpc) is 2.39. The predicted molar refractivity (Wildman–Crippen MR) is 81.1 cm³/mol. The molecule has 0 aliphatic carbocycles. The van der Waals surface area contributed by atoms with Crippen molar-refractivity contribution >= 4 is 45.1 Å². The molecule has 0 heterocycles. The van der Waals surface area contributed by atoms with E-state index in [9.17, 15) is 9.90 Å². The first-order valence-corrected chi connectivity index (χ1v) is 6.70. The molecule has 0 aliphatic heterocycles. The van der Waals surface area contributed by atoms with Crippen LogP contribution in [0.2, 0.25) is 5.02 Å². The molecule has 0 atom stereocenters. The number of benzene rings is 2. The van der Waals surface area contributed by atoms with E-state index in [0.717, 1.165) is 4.47 Å². The Balaban J connectivity index is 2.50. The molecule has 0 amide bonds. The summed E-state index contributed by atoms with van der Waals surface area (Å²) in [5.41, 5.74) is 1.53. The summed E-state index contributed by atoms with van der Waals surface area (Å²) in [6.07, 6.45) is 1.58. The number of hydrogen-bond acceptors (Lipinski definition) is 1. The molecule has 96 valence electrons. The molecule has 2 nitrogen and oxygen atoms in total. The van der Waals surface area contributed by atoms with Crippen molar-refractivity contribution in [2.45, 2.75) is 0 Å². The van der Waals surface area contributed by atoms with Crippen LogP contribution in [0.5, 0.6) is 0 Å². The zero-order valence-electron chi connectivity index (χ0n) is 9.81. The molecule has 1 N–H and O–H groups in total. The Labute approximate surface area is 124 Å². The van der Waals surface area contributed by atoms with Gasteiger partial charge in [0.25, 0.3) is 0 Å². The van der Waals surface area contributed by atoms with Gasteiger partial charge in [-0.3, -0.25) is 0 Å². The maximum absolute atomic E-state index is 11.4. The van der Waals surface area contributed by atoms with Gasteiger partial charge >= 0.3 is 5.97 Å². The zero-order chi connectivity index (χ0) is 13.8. The van der Waals surface area contributed by atoms with Crippen molar-refractivity contribution in [3.63, 3.8) is 0 Å². The first-order valence-electron chi connectivity index (χ1n) is 5.53. The van der Waals surface area contributed by atoms with E-state index >= 15 is 0 Å². The Morgan fingerprint density at radius 1 is 1.11 bits per heavy atom. The van der Waals surface area contributed by atoms with Gasteiger partial charge < -0.3 is 5.11 Å². The Morgan fingerprint density at radius 2 is 1.74 bits per heavy atom. The van der Waals surface area contributed by atoms with Gasteiger partial charge in [0.2, 0.25) is 0 Å². The molecule has 0 saturated carbocycles. The first-order chi connectivity index (χ1) is 9.08. The Bertz CT molecular complexity index is 633. The second-order valence-electron chi connectivity index (χ2n) is 3.89. The predicted octanol–water partition coefficient (Wildman–Crippen LogP) is 4.73. The van der Waals surface area contributed by atoms with Crippen LogP contribution in [0.1, 0.15) is 11.1 Å². The van der Waals surface area contributed by atoms with E-state index < -0.39 is 5.97 Å². The standard InChI is InChI=1S/C15H10BrClO2/c16-12-7-5-10(6-8-12)13(15(18)19)9-11-3-1-2-4-14(11)17/h1-9H,(H,18,19)/b13-9-. The van der Waals surface area contributed by atoms with E-state index in [1.165, 1.54) is 0 Å². The number of rotatable bonds is 3. The van der Waals surface area contributed by atoms with Crippen molar-refractivity contribution in [3.05, 3.63) is 69.2 Å². The number of halogens is 2. The molecule has 0 aliphatic rings. The van der Waals surface area contributed by atoms with Crippen LogP contribution in [0.15, 0.2) is 53.0 Å². The summed E-state index contributed by atoms with van der Waals surface area (Å²) in [5, 5.41) is 9.85. The van der Waals surface area contributed by atoms with Gasteiger partial charge in [0.1, 0.15) is 0 Å². The largest absolute Gasteiger partial charge is 0.478 e. The van der Waals surface area contributed by atoms with Crippen LogP contribution < -0.4 is 0 Å². The Morgan fingerprint density at radius 3 is 2.32 bits per heavy atom. The van der Waals surface area contributed by atoms with Gasteiger partial charge in [-0.15, -0.1) is 0 Å². The molecule has 0 aromatic heterocycles. The van der Waals surface area contributed by atoms with E-state index in [1.54, 1.807) is 48.5 Å². The molecule has 0 spiro atoms. The van der Waals surface area contributed by atoms with Crippen molar-refractivity contribution in [2.75, 3.05) is 0 Å². The minimum Gasteiger partial charge on any atom is -0.478 e. The number of carboxylic acids is 1. The topological polar surface area (TPSA) is 37.3 Å². The van der Waals surface area contributed by atoms with E-state index in [0.29, 0.717) is 16.1 Å². The molecule has 2 aromatic rings. The van der Waals surface area contributed by atoms with Crippen LogP contribution in [0, 0.1) is 0 Å². The number of carboxylic acid groups (broad SMARTS) is 1. The zero-order valence-corrected chi connectivity index (χ0v) is 12.1. The van der Waals surface area contributed by atoms with Crippen molar-refractivity contribution in [2.24, 2.45) is 0 Å². The molecule has 2 aromatic carbocycles. The highest BCUT2D eigenvalue weighted by molar-refractivity contribution is 9.10. The number of hydrogen-bond donors (Lipinski definition) is 1. The molecule has 0 unspecified atom stereocenters. The van der Waals surface area contributed by atoms with Crippen LogP contribution in [0.25, 0.3) is 11.6 Å². The Hall–Kier alpha value is -1.58. The van der Waals surface area contributed by atoms with Gasteiger partial charge in [0.05, 0.1) is 5.57 Å². The second-order valence-corrected chi connectivity index (χ2v) is 5.21. The van der Waals surface area contributed by atoms with Crippen LogP contribution in [-0.2, 0) is 4.79 Å². The molecule has 0 radical (unpaired) electrons. The Kier molecular flexibility index (Phi) is 4.40. The first kappa shape index (κ1) is 13.8. The summed E-state index contributed by atoms with van der Waals surface area (Å²) in [6, 6.07) is 14.2. The maximum Gasteiger partial charge on any atom is 0.336 e. The molecule has 0 bridgehead atoms. The highest BCUT2D eigenvalue weighted by Crippen LogP contribution is 2.24. The molecule has 0 saturated heterocycles. The second kappa shape index (κ2) is 6.04. The van der Waals surface area contributed by atoms with Crippen LogP contribution >= 0.6 is 27.5 Å². The van der Waals surface area contributed by atoms with Gasteiger partial charge in [0, 0.05) is 9.50 Å². The van der Waals surface area contributed by atoms with Gasteiger partial charge in [0.15, 0.2) is 0 Å². The van der Waals surface area contributed by atoms with E-state index in [1.807, 2.05) is 6.07 Å². The fourth-order valence-corrected chi connectivity index (χ4v) is 2.10. The van der Waals surface area contributed by atoms with Crippen LogP contribution in [0.3, 0.4) is 0 Å². The summed E-state index contributed by atoms with van der Waals surface area (Å²) in [6.45, 7) is 0. The molecular weight excluding hydrogens is 328 g/mol. The smallest absolute Gasteiger partial charge is 0.336 e. The van der Waals surface area contributed by atoms with Crippen molar-refractivity contribution < 1.29 is 9.90 Å². The summed E-state index contributed by atoms with van der Waals surface area (Å²) < 4.78 is 0.902. The normalized spacial score (nSPS) is 11.4. The van der Waals surface area contributed by atoms with Crippen molar-refractivity contribution in [1.29, 1.82) is 0 Å². The maximum atomic E-state index is 11.4.